The van der Waals surface area contributed by atoms with Crippen molar-refractivity contribution in [2.45, 2.75) is 66.0 Å². The Labute approximate surface area is 204 Å². The van der Waals surface area contributed by atoms with Gasteiger partial charge in [0.2, 0.25) is 0 Å². The number of aromatic hydroxyl groups is 1. The Morgan fingerprint density at radius 1 is 1.09 bits per heavy atom. The average Bonchev–Trinajstić information content (AvgIpc) is 3.24. The number of rotatable bonds is 12. The zero-order chi connectivity index (χ0) is 25.4. The van der Waals surface area contributed by atoms with Gasteiger partial charge in [-0.1, -0.05) is 39.8 Å². The predicted molar refractivity (Wildman–Crippen MR) is 130 cm³/mol. The number of thiazole rings is 1. The number of carboxylic acid groups (broad SMARTS) is 1. The third-order valence-corrected chi connectivity index (χ3v) is 6.81. The number of hydrogen-bond donors (Lipinski definition) is 3. The number of carbonyl (C=O) groups excluding carboxylic acids is 2. The lowest BCUT2D eigenvalue weighted by molar-refractivity contribution is -0.147. The van der Waals surface area contributed by atoms with Crippen LogP contribution in [0.3, 0.4) is 0 Å². The van der Waals surface area contributed by atoms with E-state index in [1.165, 1.54) is 18.3 Å². The Kier molecular flexibility index (Phi) is 10.0. The molecule has 34 heavy (non-hydrogen) atoms. The number of aromatic nitrogens is 1. The summed E-state index contributed by atoms with van der Waals surface area (Å²) in [5, 5.41) is 23.9. The second-order valence-corrected chi connectivity index (χ2v) is 10.0. The van der Waals surface area contributed by atoms with E-state index in [1.807, 2.05) is 0 Å². The molecule has 0 aliphatic heterocycles. The van der Waals surface area contributed by atoms with Gasteiger partial charge in [-0.15, -0.1) is 11.3 Å². The molecule has 0 saturated heterocycles. The normalized spacial score (nSPS) is 14.8. The van der Waals surface area contributed by atoms with Gasteiger partial charge in [-0.25, -0.2) is 4.98 Å². The standard InChI is InChI=1S/C25H34N2O6S/c1-14(2)15(3)11-22(33-17(5)28)24-27-21(13-34-24)23(30)26-19(10-16(4)25(31)32)12-18-6-8-20(29)9-7-18/h6-9,13-16,19,22,29H,10-12H2,1-5H3,(H,26,30)(H,31,32). The van der Waals surface area contributed by atoms with Crippen molar-refractivity contribution in [2.24, 2.45) is 17.8 Å². The van der Waals surface area contributed by atoms with Crippen LogP contribution < -0.4 is 5.32 Å². The van der Waals surface area contributed by atoms with Gasteiger partial charge in [0.25, 0.3) is 5.91 Å². The molecule has 0 radical (unpaired) electrons. The van der Waals surface area contributed by atoms with E-state index in [2.05, 4.69) is 31.1 Å². The summed E-state index contributed by atoms with van der Waals surface area (Å²) in [6.45, 7) is 9.23. The fraction of sp³-hybridized carbons (Fsp3) is 0.520. The topological polar surface area (TPSA) is 126 Å². The summed E-state index contributed by atoms with van der Waals surface area (Å²) < 4.78 is 5.49. The summed E-state index contributed by atoms with van der Waals surface area (Å²) in [6.07, 6.45) is 0.718. The van der Waals surface area contributed by atoms with Crippen LogP contribution in [0.2, 0.25) is 0 Å². The number of aliphatic carboxylic acids is 1. The number of benzene rings is 1. The summed E-state index contributed by atoms with van der Waals surface area (Å²) in [5.74, 6) is -1.59. The van der Waals surface area contributed by atoms with Crippen LogP contribution in [0.5, 0.6) is 5.75 Å². The number of esters is 1. The lowest BCUT2D eigenvalue weighted by atomic mass is 9.92. The third kappa shape index (κ3) is 8.44. The van der Waals surface area contributed by atoms with Gasteiger partial charge in [0.15, 0.2) is 6.10 Å². The van der Waals surface area contributed by atoms with Crippen molar-refractivity contribution in [3.05, 3.63) is 45.9 Å². The minimum Gasteiger partial charge on any atom is -0.508 e. The summed E-state index contributed by atoms with van der Waals surface area (Å²) in [6, 6.07) is 6.13. The lowest BCUT2D eigenvalue weighted by Crippen LogP contribution is -2.38. The smallest absolute Gasteiger partial charge is 0.306 e. The zero-order valence-electron chi connectivity index (χ0n) is 20.3. The minimum atomic E-state index is -0.940. The van der Waals surface area contributed by atoms with Crippen LogP contribution in [0.15, 0.2) is 29.6 Å². The maximum atomic E-state index is 13.0. The van der Waals surface area contributed by atoms with Gasteiger partial charge < -0.3 is 20.3 Å². The van der Waals surface area contributed by atoms with Gasteiger partial charge in [0.1, 0.15) is 16.5 Å². The van der Waals surface area contributed by atoms with E-state index in [-0.39, 0.29) is 23.8 Å². The highest BCUT2D eigenvalue weighted by Crippen LogP contribution is 2.31. The van der Waals surface area contributed by atoms with Gasteiger partial charge in [-0.3, -0.25) is 14.4 Å². The fourth-order valence-corrected chi connectivity index (χ4v) is 4.29. The highest BCUT2D eigenvalue weighted by atomic mass is 32.1. The fourth-order valence-electron chi connectivity index (χ4n) is 3.45. The van der Waals surface area contributed by atoms with Crippen LogP contribution in [0.1, 0.15) is 74.6 Å². The van der Waals surface area contributed by atoms with Gasteiger partial charge in [0, 0.05) is 18.3 Å². The van der Waals surface area contributed by atoms with Crippen LogP contribution in [0, 0.1) is 17.8 Å². The average molecular weight is 491 g/mol. The molecule has 0 spiro atoms. The molecule has 0 fully saturated rings. The van der Waals surface area contributed by atoms with Crippen LogP contribution >= 0.6 is 11.3 Å². The molecule has 1 aromatic heterocycles. The number of nitrogens with one attached hydrogen (secondary N) is 1. The van der Waals surface area contributed by atoms with Crippen LogP contribution in [0.25, 0.3) is 0 Å². The van der Waals surface area contributed by atoms with Gasteiger partial charge in [-0.05, 0) is 48.8 Å². The molecule has 1 amide bonds. The Bertz CT molecular complexity index is 972. The van der Waals surface area contributed by atoms with E-state index in [9.17, 15) is 24.6 Å². The molecule has 0 saturated carbocycles. The van der Waals surface area contributed by atoms with Crippen molar-refractivity contribution in [3.8, 4) is 5.75 Å². The largest absolute Gasteiger partial charge is 0.508 e. The first kappa shape index (κ1) is 27.3. The van der Waals surface area contributed by atoms with E-state index in [0.29, 0.717) is 23.8 Å². The Morgan fingerprint density at radius 2 is 1.74 bits per heavy atom. The molecule has 3 N–H and O–H groups in total. The van der Waals surface area contributed by atoms with E-state index in [1.54, 1.807) is 36.6 Å². The molecular weight excluding hydrogens is 456 g/mol. The third-order valence-electron chi connectivity index (χ3n) is 5.88. The molecule has 2 rings (SSSR count). The van der Waals surface area contributed by atoms with Crippen molar-refractivity contribution in [1.82, 2.24) is 10.3 Å². The Balaban J connectivity index is 2.17. The lowest BCUT2D eigenvalue weighted by Gasteiger charge is -2.22. The second-order valence-electron chi connectivity index (χ2n) is 9.14. The molecule has 9 heteroatoms. The van der Waals surface area contributed by atoms with Gasteiger partial charge in [-0.2, -0.15) is 0 Å². The number of ether oxygens (including phenoxy) is 1. The molecule has 4 atom stereocenters. The number of amides is 1. The highest BCUT2D eigenvalue weighted by Gasteiger charge is 2.26. The SMILES string of the molecule is CC(=O)OC(CC(C)C(C)C)c1nc(C(=O)NC(Cc2ccc(O)cc2)CC(C)C(=O)O)cs1. The molecular formula is C25H34N2O6S. The van der Waals surface area contributed by atoms with Crippen LogP contribution in [0.4, 0.5) is 0 Å². The first-order valence-electron chi connectivity index (χ1n) is 11.4. The van der Waals surface area contributed by atoms with Crippen molar-refractivity contribution in [2.75, 3.05) is 0 Å². The van der Waals surface area contributed by atoms with Crippen molar-refractivity contribution in [1.29, 1.82) is 0 Å². The molecule has 0 aliphatic carbocycles. The number of phenols is 1. The minimum absolute atomic E-state index is 0.132. The molecule has 1 heterocycles. The summed E-state index contributed by atoms with van der Waals surface area (Å²) >= 11 is 1.26. The summed E-state index contributed by atoms with van der Waals surface area (Å²) in [7, 11) is 0. The van der Waals surface area contributed by atoms with E-state index in [0.717, 1.165) is 5.56 Å². The maximum absolute atomic E-state index is 13.0. The quantitative estimate of drug-likeness (QED) is 0.372. The molecule has 4 unspecified atom stereocenters. The number of carbonyl (C=O) groups is 3. The molecule has 0 aliphatic rings. The Morgan fingerprint density at radius 3 is 2.29 bits per heavy atom. The number of phenolic OH excluding ortho intramolecular Hbond substituents is 1. The molecule has 2 aromatic rings. The van der Waals surface area contributed by atoms with Gasteiger partial charge >= 0.3 is 11.9 Å². The van der Waals surface area contributed by atoms with Crippen LogP contribution in [-0.2, 0) is 20.7 Å². The maximum Gasteiger partial charge on any atom is 0.306 e. The second kappa shape index (κ2) is 12.5. The van der Waals surface area contributed by atoms with Crippen molar-refractivity contribution >= 4 is 29.2 Å². The van der Waals surface area contributed by atoms with E-state index < -0.39 is 35.9 Å². The van der Waals surface area contributed by atoms with E-state index in [4.69, 9.17) is 4.74 Å². The number of nitrogens with zero attached hydrogens (tertiary/aromatic N) is 1. The van der Waals surface area contributed by atoms with Crippen molar-refractivity contribution < 1.29 is 29.3 Å². The van der Waals surface area contributed by atoms with Gasteiger partial charge in [0.05, 0.1) is 5.92 Å². The zero-order valence-corrected chi connectivity index (χ0v) is 21.1. The molecule has 1 aromatic carbocycles. The first-order chi connectivity index (χ1) is 16.0. The molecule has 186 valence electrons. The number of hydrogen-bond acceptors (Lipinski definition) is 7. The first-order valence-corrected chi connectivity index (χ1v) is 12.3. The van der Waals surface area contributed by atoms with E-state index >= 15 is 0 Å². The van der Waals surface area contributed by atoms with Crippen LogP contribution in [-0.4, -0.2) is 39.1 Å². The van der Waals surface area contributed by atoms with Crippen molar-refractivity contribution in [3.63, 3.8) is 0 Å². The number of carboxylic acids is 1. The molecule has 0 bridgehead atoms. The summed E-state index contributed by atoms with van der Waals surface area (Å²) in [5.41, 5.74) is 1.06. The predicted octanol–water partition coefficient (Wildman–Crippen LogP) is 4.59. The monoisotopic (exact) mass is 490 g/mol. The Hall–Kier alpha value is -2.94. The molecule has 8 nitrogen and oxygen atoms in total. The highest BCUT2D eigenvalue weighted by molar-refractivity contribution is 7.09. The summed E-state index contributed by atoms with van der Waals surface area (Å²) in [4.78, 5) is 40.4.